The first-order valence-corrected chi connectivity index (χ1v) is 2.43. The van der Waals surface area contributed by atoms with Crippen LogP contribution in [0.5, 0.6) is 0 Å². The molecule has 0 aromatic carbocycles. The van der Waals surface area contributed by atoms with E-state index in [9.17, 15) is 0 Å². The van der Waals surface area contributed by atoms with Gasteiger partial charge in [0, 0.05) is 12.4 Å². The van der Waals surface area contributed by atoms with Gasteiger partial charge in [-0.05, 0) is 6.07 Å². The molecular formula is C5H5N3. The molecule has 0 bridgehead atoms. The van der Waals surface area contributed by atoms with Gasteiger partial charge in [0.2, 0.25) is 0 Å². The second kappa shape index (κ2) is 1.12. The maximum Gasteiger partial charge on any atom is 0.105 e. The first-order chi connectivity index (χ1) is 3.97. The SMILES string of the molecule is c1cc2[nH][nH]cc-2n1. The van der Waals surface area contributed by atoms with E-state index in [2.05, 4.69) is 15.2 Å². The van der Waals surface area contributed by atoms with Gasteiger partial charge in [0.1, 0.15) is 5.69 Å². The van der Waals surface area contributed by atoms with E-state index in [1.165, 1.54) is 0 Å². The molecule has 2 N–H and O–H groups in total. The molecule has 0 radical (unpaired) electrons. The Morgan fingerprint density at radius 3 is 3.38 bits per heavy atom. The van der Waals surface area contributed by atoms with Crippen molar-refractivity contribution in [1.82, 2.24) is 15.2 Å². The standard InChI is InChI=1S/C5H5N3/c1-2-6-5-3-7-8-4(1)5/h1-3,7-8H. The summed E-state index contributed by atoms with van der Waals surface area (Å²) in [7, 11) is 0. The molecule has 0 fully saturated rings. The minimum atomic E-state index is 0.991. The van der Waals surface area contributed by atoms with Crippen LogP contribution in [0.25, 0.3) is 11.4 Å². The highest BCUT2D eigenvalue weighted by molar-refractivity contribution is 5.53. The molecule has 0 atom stereocenters. The molecule has 0 spiro atoms. The van der Waals surface area contributed by atoms with E-state index in [4.69, 9.17) is 0 Å². The third-order valence-electron chi connectivity index (χ3n) is 1.15. The molecule has 3 heteroatoms. The number of aromatic nitrogens is 3. The summed E-state index contributed by atoms with van der Waals surface area (Å²) in [5.74, 6) is 0. The van der Waals surface area contributed by atoms with E-state index < -0.39 is 0 Å². The van der Waals surface area contributed by atoms with E-state index in [1.54, 1.807) is 6.20 Å². The number of hydrogen-bond acceptors (Lipinski definition) is 1. The van der Waals surface area contributed by atoms with Gasteiger partial charge >= 0.3 is 0 Å². The van der Waals surface area contributed by atoms with Crippen LogP contribution in [0.15, 0.2) is 18.5 Å². The summed E-state index contributed by atoms with van der Waals surface area (Å²) in [6, 6.07) is 1.92. The number of rotatable bonds is 0. The highest BCUT2D eigenvalue weighted by atomic mass is 15.1. The van der Waals surface area contributed by atoms with Gasteiger partial charge in [-0.3, -0.25) is 10.1 Å². The summed E-state index contributed by atoms with van der Waals surface area (Å²) < 4.78 is 0. The number of hydrogen-bond donors (Lipinski definition) is 2. The van der Waals surface area contributed by atoms with Gasteiger partial charge in [0.15, 0.2) is 0 Å². The molecule has 2 aliphatic rings. The predicted octanol–water partition coefficient (Wildman–Crippen LogP) is 0.843. The van der Waals surface area contributed by atoms with E-state index >= 15 is 0 Å². The molecule has 0 unspecified atom stereocenters. The summed E-state index contributed by atoms with van der Waals surface area (Å²) in [6.45, 7) is 0. The van der Waals surface area contributed by atoms with Crippen LogP contribution < -0.4 is 0 Å². The molecule has 3 nitrogen and oxygen atoms in total. The van der Waals surface area contributed by atoms with Crippen molar-refractivity contribution < 1.29 is 0 Å². The molecule has 0 aliphatic carbocycles. The second-order valence-corrected chi connectivity index (χ2v) is 1.66. The van der Waals surface area contributed by atoms with Crippen LogP contribution in [0, 0.1) is 0 Å². The van der Waals surface area contributed by atoms with Gasteiger partial charge in [-0.25, -0.2) is 0 Å². The quantitative estimate of drug-likeness (QED) is 0.514. The van der Waals surface area contributed by atoms with Gasteiger partial charge < -0.3 is 5.10 Å². The monoisotopic (exact) mass is 107 g/mol. The maximum atomic E-state index is 4.02. The van der Waals surface area contributed by atoms with E-state index in [0.29, 0.717) is 0 Å². The minimum Gasteiger partial charge on any atom is -0.306 e. The summed E-state index contributed by atoms with van der Waals surface area (Å²) in [5.41, 5.74) is 2.05. The van der Waals surface area contributed by atoms with Crippen molar-refractivity contribution in [3.05, 3.63) is 18.5 Å². The summed E-state index contributed by atoms with van der Waals surface area (Å²) in [6.07, 6.45) is 3.60. The molecule has 8 heavy (non-hydrogen) atoms. The molecule has 2 rings (SSSR count). The van der Waals surface area contributed by atoms with Crippen LogP contribution in [0.2, 0.25) is 0 Å². The van der Waals surface area contributed by atoms with Crippen molar-refractivity contribution in [1.29, 1.82) is 0 Å². The molecule has 0 amide bonds. The lowest BCUT2D eigenvalue weighted by Gasteiger charge is -1.75. The first kappa shape index (κ1) is 3.72. The first-order valence-electron chi connectivity index (χ1n) is 2.43. The van der Waals surface area contributed by atoms with E-state index in [-0.39, 0.29) is 0 Å². The Morgan fingerprint density at radius 2 is 2.50 bits per heavy atom. The Kier molecular flexibility index (Phi) is 0.521. The predicted molar refractivity (Wildman–Crippen MR) is 29.6 cm³/mol. The van der Waals surface area contributed by atoms with Crippen LogP contribution in [0.4, 0.5) is 0 Å². The Labute approximate surface area is 46.1 Å². The number of fused-ring (bicyclic) bond motifs is 1. The van der Waals surface area contributed by atoms with Crippen molar-refractivity contribution in [3.8, 4) is 11.4 Å². The van der Waals surface area contributed by atoms with Crippen molar-refractivity contribution in [3.63, 3.8) is 0 Å². The Balaban J connectivity index is 2.84. The normalized spacial score (nSPS) is 10.5. The lowest BCUT2D eigenvalue weighted by Crippen LogP contribution is -1.64. The van der Waals surface area contributed by atoms with Crippen molar-refractivity contribution in [2.24, 2.45) is 0 Å². The average Bonchev–Trinajstić information content (AvgIpc) is 2.15. The van der Waals surface area contributed by atoms with Crippen LogP contribution in [-0.4, -0.2) is 15.2 Å². The fourth-order valence-corrected chi connectivity index (χ4v) is 0.750. The zero-order valence-electron chi connectivity index (χ0n) is 4.18. The molecule has 0 aromatic heterocycles. The van der Waals surface area contributed by atoms with E-state index in [0.717, 1.165) is 11.4 Å². The Hall–Kier alpha value is -1.25. The molecule has 0 saturated carbocycles. The van der Waals surface area contributed by atoms with Crippen LogP contribution in [-0.2, 0) is 0 Å². The highest BCUT2D eigenvalue weighted by Gasteiger charge is 2.00. The molecular weight excluding hydrogens is 102 g/mol. The second-order valence-electron chi connectivity index (χ2n) is 1.66. The number of H-pyrrole nitrogens is 2. The zero-order chi connectivity index (χ0) is 5.40. The maximum absolute atomic E-state index is 4.02. The van der Waals surface area contributed by atoms with Gasteiger partial charge in [-0.1, -0.05) is 0 Å². The third-order valence-corrected chi connectivity index (χ3v) is 1.15. The molecule has 0 aromatic rings. The van der Waals surface area contributed by atoms with Gasteiger partial charge in [-0.15, -0.1) is 0 Å². The molecule has 2 aliphatic heterocycles. The summed E-state index contributed by atoms with van der Waals surface area (Å²) in [4.78, 5) is 4.02. The smallest absolute Gasteiger partial charge is 0.105 e. The van der Waals surface area contributed by atoms with E-state index in [1.807, 2.05) is 12.3 Å². The number of nitrogens with one attached hydrogen (secondary N) is 2. The van der Waals surface area contributed by atoms with Crippen LogP contribution in [0.3, 0.4) is 0 Å². The zero-order valence-corrected chi connectivity index (χ0v) is 4.18. The summed E-state index contributed by atoms with van der Waals surface area (Å²) >= 11 is 0. The summed E-state index contributed by atoms with van der Waals surface area (Å²) in [5, 5.41) is 5.74. The van der Waals surface area contributed by atoms with Crippen molar-refractivity contribution >= 4 is 0 Å². The van der Waals surface area contributed by atoms with Gasteiger partial charge in [-0.2, -0.15) is 0 Å². The molecule has 2 heterocycles. The van der Waals surface area contributed by atoms with Crippen LogP contribution >= 0.6 is 0 Å². The van der Waals surface area contributed by atoms with Gasteiger partial charge in [0.25, 0.3) is 0 Å². The topological polar surface area (TPSA) is 44.5 Å². The Morgan fingerprint density at radius 1 is 1.50 bits per heavy atom. The largest absolute Gasteiger partial charge is 0.306 e. The van der Waals surface area contributed by atoms with Crippen LogP contribution in [0.1, 0.15) is 0 Å². The van der Waals surface area contributed by atoms with Crippen molar-refractivity contribution in [2.45, 2.75) is 0 Å². The fraction of sp³-hybridized carbons (Fsp3) is 0. The molecule has 0 saturated heterocycles. The number of nitrogens with zero attached hydrogens (tertiary/aromatic N) is 1. The average molecular weight is 107 g/mol. The lowest BCUT2D eigenvalue weighted by molar-refractivity contribution is 1.10. The highest BCUT2D eigenvalue weighted by Crippen LogP contribution is 2.13. The minimum absolute atomic E-state index is 0.991. The fourth-order valence-electron chi connectivity index (χ4n) is 0.750. The van der Waals surface area contributed by atoms with Crippen molar-refractivity contribution in [2.75, 3.05) is 0 Å². The lowest BCUT2D eigenvalue weighted by atomic mass is 10.4. The molecule has 40 valence electrons. The third kappa shape index (κ3) is 0.307. The number of aromatic amines is 2. The van der Waals surface area contributed by atoms with Gasteiger partial charge in [0.05, 0.1) is 5.69 Å². The Bertz CT molecular complexity index is 199.